The summed E-state index contributed by atoms with van der Waals surface area (Å²) in [6.45, 7) is 0.369. The van der Waals surface area contributed by atoms with Crippen LogP contribution in [0.4, 0.5) is 4.79 Å². The van der Waals surface area contributed by atoms with E-state index in [1.807, 2.05) is 22.7 Å². The van der Waals surface area contributed by atoms with E-state index in [9.17, 15) is 14.4 Å². The third-order valence-electron chi connectivity index (χ3n) is 4.43. The minimum atomic E-state index is -0.805. The minimum absolute atomic E-state index is 0.0479. The molecule has 0 aliphatic heterocycles. The number of carbonyl (C=O) groups is 2. The molecule has 10 nitrogen and oxygen atoms in total. The van der Waals surface area contributed by atoms with Crippen molar-refractivity contribution in [2.24, 2.45) is 5.73 Å². The van der Waals surface area contributed by atoms with Crippen LogP contribution in [0.2, 0.25) is 0 Å². The van der Waals surface area contributed by atoms with Gasteiger partial charge in [0.1, 0.15) is 17.0 Å². The molecule has 2 amide bonds. The lowest BCUT2D eigenvalue weighted by Gasteiger charge is -2.04. The summed E-state index contributed by atoms with van der Waals surface area (Å²) in [5.74, 6) is -0.459. The molecule has 4 rings (SSSR count). The Morgan fingerprint density at radius 3 is 2.80 bits per heavy atom. The van der Waals surface area contributed by atoms with Gasteiger partial charge in [-0.05, 0) is 23.8 Å². The van der Waals surface area contributed by atoms with Gasteiger partial charge in [-0.25, -0.2) is 14.8 Å². The number of nitrogens with one attached hydrogen (secondary N) is 1. The Labute approximate surface area is 169 Å². The first kappa shape index (κ1) is 19.1. The van der Waals surface area contributed by atoms with E-state index < -0.39 is 12.0 Å². The van der Waals surface area contributed by atoms with E-state index in [2.05, 4.69) is 15.3 Å². The Morgan fingerprint density at radius 1 is 1.10 bits per heavy atom. The minimum Gasteiger partial charge on any atom is -0.449 e. The second-order valence-electron chi connectivity index (χ2n) is 6.54. The molecule has 152 valence electrons. The number of aromatic nitrogens is 4. The third-order valence-corrected chi connectivity index (χ3v) is 4.43. The van der Waals surface area contributed by atoms with Crippen LogP contribution in [0, 0.1) is 0 Å². The second-order valence-corrected chi connectivity index (χ2v) is 6.54. The second kappa shape index (κ2) is 8.03. The van der Waals surface area contributed by atoms with Crippen molar-refractivity contribution >= 4 is 23.3 Å². The summed E-state index contributed by atoms with van der Waals surface area (Å²) in [6, 6.07) is 10.0. The maximum absolute atomic E-state index is 12.4. The molecule has 0 aromatic carbocycles. The molecule has 0 radical (unpaired) electrons. The van der Waals surface area contributed by atoms with Crippen molar-refractivity contribution in [1.29, 1.82) is 0 Å². The molecule has 0 bridgehead atoms. The number of amides is 2. The van der Waals surface area contributed by atoms with Gasteiger partial charge in [-0.3, -0.25) is 14.0 Å². The molecule has 0 aliphatic rings. The van der Waals surface area contributed by atoms with Gasteiger partial charge in [0.2, 0.25) is 0 Å². The monoisotopic (exact) mass is 406 g/mol. The Bertz CT molecular complexity index is 1310. The van der Waals surface area contributed by atoms with Crippen LogP contribution in [0.1, 0.15) is 21.7 Å². The molecule has 0 unspecified atom stereocenters. The van der Waals surface area contributed by atoms with Crippen molar-refractivity contribution in [2.75, 3.05) is 6.61 Å². The number of primary amides is 1. The van der Waals surface area contributed by atoms with Gasteiger partial charge in [-0.2, -0.15) is 0 Å². The molecule has 0 saturated heterocycles. The highest BCUT2D eigenvalue weighted by atomic mass is 16.5. The molecule has 4 heterocycles. The molecule has 0 aliphatic carbocycles. The first-order valence-corrected chi connectivity index (χ1v) is 9.15. The van der Waals surface area contributed by atoms with Crippen LogP contribution in [0.5, 0.6) is 0 Å². The number of fused-ring (bicyclic) bond motifs is 2. The fourth-order valence-electron chi connectivity index (χ4n) is 3.02. The number of hydrogen-bond acceptors (Lipinski definition) is 6. The number of nitrogens with zero attached hydrogens (tertiary/aromatic N) is 4. The van der Waals surface area contributed by atoms with Crippen molar-refractivity contribution in [2.45, 2.75) is 13.0 Å². The van der Waals surface area contributed by atoms with E-state index in [1.54, 1.807) is 30.6 Å². The number of imidazole rings is 1. The number of nitrogens with two attached hydrogens (primary N) is 1. The number of hydrogen-bond donors (Lipinski definition) is 2. The van der Waals surface area contributed by atoms with E-state index in [4.69, 9.17) is 10.5 Å². The zero-order valence-electron chi connectivity index (χ0n) is 15.8. The van der Waals surface area contributed by atoms with Crippen LogP contribution in [-0.4, -0.2) is 37.4 Å². The van der Waals surface area contributed by atoms with Gasteiger partial charge in [-0.1, -0.05) is 12.1 Å². The molecule has 0 spiro atoms. The van der Waals surface area contributed by atoms with Gasteiger partial charge < -0.3 is 20.2 Å². The highest BCUT2D eigenvalue weighted by molar-refractivity contribution is 5.92. The summed E-state index contributed by atoms with van der Waals surface area (Å²) in [4.78, 5) is 43.9. The highest BCUT2D eigenvalue weighted by Crippen LogP contribution is 2.09. The van der Waals surface area contributed by atoms with Crippen LogP contribution in [-0.2, 0) is 17.7 Å². The van der Waals surface area contributed by atoms with E-state index in [0.717, 1.165) is 5.56 Å². The quantitative estimate of drug-likeness (QED) is 0.489. The number of ether oxygens (including phenoxy) is 1. The molecule has 10 heteroatoms. The Morgan fingerprint density at radius 2 is 1.97 bits per heavy atom. The lowest BCUT2D eigenvalue weighted by atomic mass is 10.2. The normalized spacial score (nSPS) is 10.9. The van der Waals surface area contributed by atoms with Crippen LogP contribution >= 0.6 is 0 Å². The van der Waals surface area contributed by atoms with Gasteiger partial charge in [0.15, 0.2) is 0 Å². The highest BCUT2D eigenvalue weighted by Gasteiger charge is 2.11. The van der Waals surface area contributed by atoms with E-state index in [1.165, 1.54) is 10.5 Å². The zero-order chi connectivity index (χ0) is 21.1. The smallest absolute Gasteiger partial charge is 0.404 e. The van der Waals surface area contributed by atoms with Crippen molar-refractivity contribution in [3.05, 3.63) is 82.3 Å². The van der Waals surface area contributed by atoms with Crippen LogP contribution in [0.3, 0.4) is 0 Å². The zero-order valence-corrected chi connectivity index (χ0v) is 15.8. The van der Waals surface area contributed by atoms with E-state index in [0.29, 0.717) is 23.4 Å². The topological polar surface area (TPSA) is 133 Å². The van der Waals surface area contributed by atoms with Gasteiger partial charge in [0.05, 0.1) is 18.8 Å². The predicted octanol–water partition coefficient (Wildman–Crippen LogP) is 0.910. The number of rotatable bonds is 6. The third kappa shape index (κ3) is 4.12. The van der Waals surface area contributed by atoms with Crippen molar-refractivity contribution in [3.8, 4) is 0 Å². The molecule has 4 aromatic rings. The van der Waals surface area contributed by atoms with Crippen LogP contribution in [0.25, 0.3) is 11.3 Å². The van der Waals surface area contributed by atoms with Crippen LogP contribution < -0.4 is 16.6 Å². The molecular formula is C20H18N6O4. The summed E-state index contributed by atoms with van der Waals surface area (Å²) in [7, 11) is 0. The molecule has 0 saturated carbocycles. The Hall–Kier alpha value is -4.21. The maximum atomic E-state index is 12.4. The lowest BCUT2D eigenvalue weighted by molar-refractivity contribution is 0.0945. The van der Waals surface area contributed by atoms with Gasteiger partial charge in [0.25, 0.3) is 11.5 Å². The maximum Gasteiger partial charge on any atom is 0.404 e. The Kier molecular flexibility index (Phi) is 5.12. The first-order chi connectivity index (χ1) is 14.5. The number of pyridine rings is 2. The lowest BCUT2D eigenvalue weighted by Crippen LogP contribution is -2.27. The SMILES string of the molecule is NC(=O)OCCc1ccc2nc(CNC(=O)c3cc(=O)n4ccccc4n3)cn2c1. The molecule has 0 atom stereocenters. The fraction of sp³-hybridized carbons (Fsp3) is 0.150. The van der Waals surface area contributed by atoms with Crippen molar-refractivity contribution < 1.29 is 14.3 Å². The molecule has 30 heavy (non-hydrogen) atoms. The summed E-state index contributed by atoms with van der Waals surface area (Å²) in [6.07, 6.45) is 4.96. The summed E-state index contributed by atoms with van der Waals surface area (Å²) in [5.41, 5.74) is 7.37. The fourth-order valence-corrected chi connectivity index (χ4v) is 3.02. The van der Waals surface area contributed by atoms with E-state index in [-0.39, 0.29) is 24.4 Å². The molecule has 0 fully saturated rings. The largest absolute Gasteiger partial charge is 0.449 e. The predicted molar refractivity (Wildman–Crippen MR) is 107 cm³/mol. The summed E-state index contributed by atoms with van der Waals surface area (Å²) >= 11 is 0. The number of carbonyl (C=O) groups excluding carboxylic acids is 2. The van der Waals surface area contributed by atoms with Crippen molar-refractivity contribution in [3.63, 3.8) is 0 Å². The average Bonchev–Trinajstić information content (AvgIpc) is 3.14. The summed E-state index contributed by atoms with van der Waals surface area (Å²) < 4.78 is 7.93. The first-order valence-electron chi connectivity index (χ1n) is 9.15. The molecule has 4 aromatic heterocycles. The average molecular weight is 406 g/mol. The van der Waals surface area contributed by atoms with E-state index >= 15 is 0 Å². The molecule has 3 N–H and O–H groups in total. The van der Waals surface area contributed by atoms with Gasteiger partial charge in [0, 0.05) is 31.1 Å². The molecular weight excluding hydrogens is 388 g/mol. The van der Waals surface area contributed by atoms with Crippen LogP contribution in [0.15, 0.2) is 59.8 Å². The summed E-state index contributed by atoms with van der Waals surface area (Å²) in [5, 5.41) is 2.73. The van der Waals surface area contributed by atoms with Crippen molar-refractivity contribution in [1.82, 2.24) is 24.1 Å². The van der Waals surface area contributed by atoms with Gasteiger partial charge >= 0.3 is 6.09 Å². The Balaban J connectivity index is 1.45. The van der Waals surface area contributed by atoms with Gasteiger partial charge in [-0.15, -0.1) is 0 Å². The standard InChI is InChI=1S/C20H18N6O4/c21-20(29)30-8-6-13-4-5-16-23-14(12-25(16)11-13)10-22-19(28)15-9-18(27)26-7-2-1-3-17(26)24-15/h1-5,7,9,11-12H,6,8,10H2,(H2,21,29)(H,22,28).